The number of hydrogen-bond acceptors (Lipinski definition) is 6. The number of benzene rings is 1. The van der Waals surface area contributed by atoms with Crippen LogP contribution in [0.1, 0.15) is 31.2 Å². The summed E-state index contributed by atoms with van der Waals surface area (Å²) in [6.07, 6.45) is 0.201. The van der Waals surface area contributed by atoms with Gasteiger partial charge in [0.2, 0.25) is 0 Å². The van der Waals surface area contributed by atoms with Crippen molar-refractivity contribution in [3.8, 4) is 0 Å². The summed E-state index contributed by atoms with van der Waals surface area (Å²) in [4.78, 5) is 24.7. The minimum Gasteiger partial charge on any atom is -0.465 e. The third-order valence-corrected chi connectivity index (χ3v) is 6.63. The molecule has 1 aromatic carbocycles. The number of amides is 1. The van der Waals surface area contributed by atoms with Gasteiger partial charge in [-0.2, -0.15) is 8.42 Å². The molecule has 1 atom stereocenters. The van der Waals surface area contributed by atoms with Crippen LogP contribution in [0.5, 0.6) is 0 Å². The molecule has 2 aliphatic rings. The lowest BCUT2D eigenvalue weighted by molar-refractivity contribution is -0.150. The van der Waals surface area contributed by atoms with Gasteiger partial charge in [-0.3, -0.25) is 8.98 Å². The van der Waals surface area contributed by atoms with Crippen LogP contribution in [0.25, 0.3) is 0 Å². The van der Waals surface area contributed by atoms with Crippen LogP contribution in [0.15, 0.2) is 29.2 Å². The van der Waals surface area contributed by atoms with Crippen LogP contribution in [-0.2, 0) is 23.8 Å². The molecule has 1 aromatic rings. The molecule has 0 aliphatic carbocycles. The van der Waals surface area contributed by atoms with Gasteiger partial charge >= 0.3 is 12.1 Å². The summed E-state index contributed by atoms with van der Waals surface area (Å²) in [5.41, 5.74) is 0.290. The van der Waals surface area contributed by atoms with E-state index in [2.05, 4.69) is 0 Å². The number of cyclic esters (lactones) is 1. The van der Waals surface area contributed by atoms with Crippen LogP contribution in [-0.4, -0.2) is 56.3 Å². The summed E-state index contributed by atoms with van der Waals surface area (Å²) >= 11 is 0. The second-order valence-electron chi connectivity index (χ2n) is 7.16. The van der Waals surface area contributed by atoms with Crippen molar-refractivity contribution in [1.29, 1.82) is 0 Å². The molecule has 2 saturated heterocycles. The summed E-state index contributed by atoms with van der Waals surface area (Å²) in [6, 6.07) is 6.38. The molecule has 2 fully saturated rings. The van der Waals surface area contributed by atoms with Crippen molar-refractivity contribution < 1.29 is 32.0 Å². The van der Waals surface area contributed by atoms with E-state index in [1.54, 1.807) is 12.1 Å². The zero-order valence-electron chi connectivity index (χ0n) is 15.1. The maximum absolute atomic E-state index is 12.3. The molecule has 8 nitrogen and oxygen atoms in total. The van der Waals surface area contributed by atoms with Crippen molar-refractivity contribution in [2.45, 2.75) is 43.6 Å². The lowest BCUT2D eigenvalue weighted by atomic mass is 9.76. The quantitative estimate of drug-likeness (QED) is 0.599. The van der Waals surface area contributed by atoms with E-state index >= 15 is 0 Å². The standard InChI is InChI=1S/C18H23NO7S/c1-13-2-4-15(5-3-13)27(23,24)25-11-6-14-12-18(16(20)26-14)7-9-19(10-8-18)17(21)22/h2-5,14H,6-12H2,1H3,(H,21,22)/t14-/m0/s1. The molecule has 0 bridgehead atoms. The van der Waals surface area contributed by atoms with Gasteiger partial charge in [0.15, 0.2) is 0 Å². The van der Waals surface area contributed by atoms with Crippen LogP contribution >= 0.6 is 0 Å². The van der Waals surface area contributed by atoms with Crippen LogP contribution in [0.3, 0.4) is 0 Å². The summed E-state index contributed by atoms with van der Waals surface area (Å²) in [5.74, 6) is -0.320. The second kappa shape index (κ2) is 7.47. The van der Waals surface area contributed by atoms with Crippen molar-refractivity contribution in [2.24, 2.45) is 5.41 Å². The first-order valence-electron chi connectivity index (χ1n) is 8.87. The molecule has 27 heavy (non-hydrogen) atoms. The molecule has 0 radical (unpaired) electrons. The van der Waals surface area contributed by atoms with E-state index in [0.29, 0.717) is 32.4 Å². The number of rotatable bonds is 5. The van der Waals surface area contributed by atoms with Gasteiger partial charge in [0, 0.05) is 25.9 Å². The monoisotopic (exact) mass is 397 g/mol. The third kappa shape index (κ3) is 4.24. The number of carboxylic acid groups (broad SMARTS) is 1. The average molecular weight is 397 g/mol. The Balaban J connectivity index is 1.52. The van der Waals surface area contributed by atoms with E-state index in [-0.39, 0.29) is 23.9 Å². The molecule has 1 spiro atoms. The molecule has 0 aromatic heterocycles. The normalized spacial score (nSPS) is 22.0. The number of ether oxygens (including phenoxy) is 1. The topological polar surface area (TPSA) is 110 Å². The minimum absolute atomic E-state index is 0.0779. The highest BCUT2D eigenvalue weighted by atomic mass is 32.2. The van der Waals surface area contributed by atoms with Crippen molar-refractivity contribution in [2.75, 3.05) is 19.7 Å². The Morgan fingerprint density at radius 2 is 1.93 bits per heavy atom. The average Bonchev–Trinajstić information content (AvgIpc) is 2.91. The van der Waals surface area contributed by atoms with Gasteiger partial charge < -0.3 is 14.7 Å². The first kappa shape index (κ1) is 19.6. The van der Waals surface area contributed by atoms with Gasteiger partial charge in [0.25, 0.3) is 10.1 Å². The fourth-order valence-corrected chi connectivity index (χ4v) is 4.52. The first-order chi connectivity index (χ1) is 12.7. The van der Waals surface area contributed by atoms with E-state index in [0.717, 1.165) is 5.56 Å². The molecule has 0 unspecified atom stereocenters. The number of piperidine rings is 1. The van der Waals surface area contributed by atoms with Crippen LogP contribution < -0.4 is 0 Å². The molecule has 148 valence electrons. The molecule has 1 amide bonds. The zero-order chi connectivity index (χ0) is 19.7. The number of nitrogens with zero attached hydrogens (tertiary/aromatic N) is 1. The smallest absolute Gasteiger partial charge is 0.407 e. The largest absolute Gasteiger partial charge is 0.465 e. The van der Waals surface area contributed by atoms with Gasteiger partial charge in [0.05, 0.1) is 16.9 Å². The van der Waals surface area contributed by atoms with E-state index in [9.17, 15) is 18.0 Å². The Bertz CT molecular complexity index is 811. The molecule has 2 aliphatic heterocycles. The highest BCUT2D eigenvalue weighted by Gasteiger charge is 2.50. The number of likely N-dealkylation sites (tertiary alicyclic amines) is 1. The maximum Gasteiger partial charge on any atom is 0.407 e. The fourth-order valence-electron chi connectivity index (χ4n) is 3.59. The highest BCUT2D eigenvalue weighted by Crippen LogP contribution is 2.43. The van der Waals surface area contributed by atoms with Gasteiger partial charge in [-0.1, -0.05) is 17.7 Å². The van der Waals surface area contributed by atoms with E-state index in [1.807, 2.05) is 6.92 Å². The molecule has 1 N–H and O–H groups in total. The molecule has 0 saturated carbocycles. The maximum atomic E-state index is 12.3. The molecule has 9 heteroatoms. The van der Waals surface area contributed by atoms with Gasteiger partial charge in [-0.05, 0) is 31.9 Å². The predicted molar refractivity (Wildman–Crippen MR) is 94.7 cm³/mol. The van der Waals surface area contributed by atoms with E-state index in [1.165, 1.54) is 17.0 Å². The number of hydrogen-bond donors (Lipinski definition) is 1. The van der Waals surface area contributed by atoms with Gasteiger partial charge in [0.1, 0.15) is 6.10 Å². The Labute approximate surface area is 158 Å². The summed E-state index contributed by atoms with van der Waals surface area (Å²) < 4.78 is 34.8. The SMILES string of the molecule is Cc1ccc(S(=O)(=O)OCC[C@H]2CC3(CCN(C(=O)O)CC3)C(=O)O2)cc1. The van der Waals surface area contributed by atoms with Gasteiger partial charge in [-0.15, -0.1) is 0 Å². The lowest BCUT2D eigenvalue weighted by Crippen LogP contribution is -2.44. The van der Waals surface area contributed by atoms with E-state index < -0.39 is 27.7 Å². The summed E-state index contributed by atoms with van der Waals surface area (Å²) in [5, 5.41) is 9.03. The minimum atomic E-state index is -3.84. The fraction of sp³-hybridized carbons (Fsp3) is 0.556. The van der Waals surface area contributed by atoms with Crippen LogP contribution in [0, 0.1) is 12.3 Å². The van der Waals surface area contributed by atoms with Crippen molar-refractivity contribution in [1.82, 2.24) is 4.90 Å². The number of aryl methyl sites for hydroxylation is 1. The molecular formula is C18H23NO7S. The Morgan fingerprint density at radius 3 is 2.52 bits per heavy atom. The number of carbonyl (C=O) groups is 2. The summed E-state index contributed by atoms with van der Waals surface area (Å²) in [7, 11) is -3.84. The number of esters is 1. The van der Waals surface area contributed by atoms with Crippen LogP contribution in [0.2, 0.25) is 0 Å². The Morgan fingerprint density at radius 1 is 1.30 bits per heavy atom. The molecular weight excluding hydrogens is 374 g/mol. The van der Waals surface area contributed by atoms with Crippen molar-refractivity contribution >= 4 is 22.2 Å². The lowest BCUT2D eigenvalue weighted by Gasteiger charge is -2.34. The third-order valence-electron chi connectivity index (χ3n) is 5.30. The Hall–Kier alpha value is -2.13. The number of carbonyl (C=O) groups excluding carboxylic acids is 1. The molecule has 3 rings (SSSR count). The zero-order valence-corrected chi connectivity index (χ0v) is 15.9. The predicted octanol–water partition coefficient (Wildman–Crippen LogP) is 2.17. The van der Waals surface area contributed by atoms with Crippen molar-refractivity contribution in [3.63, 3.8) is 0 Å². The van der Waals surface area contributed by atoms with Crippen molar-refractivity contribution in [3.05, 3.63) is 29.8 Å². The highest BCUT2D eigenvalue weighted by molar-refractivity contribution is 7.86. The first-order valence-corrected chi connectivity index (χ1v) is 10.3. The van der Waals surface area contributed by atoms with Gasteiger partial charge in [-0.25, -0.2) is 4.79 Å². The molecule has 2 heterocycles. The van der Waals surface area contributed by atoms with E-state index in [4.69, 9.17) is 14.0 Å². The Kier molecular flexibility index (Phi) is 5.43. The second-order valence-corrected chi connectivity index (χ2v) is 8.77. The summed E-state index contributed by atoms with van der Waals surface area (Å²) in [6.45, 7) is 2.39. The van der Waals surface area contributed by atoms with Crippen LogP contribution in [0.4, 0.5) is 4.79 Å².